The van der Waals surface area contributed by atoms with Gasteiger partial charge in [0.25, 0.3) is 5.91 Å². The second-order valence-corrected chi connectivity index (χ2v) is 9.47. The maximum atomic E-state index is 12.7. The summed E-state index contributed by atoms with van der Waals surface area (Å²) in [6.07, 6.45) is 4.88. The minimum Gasteiger partial charge on any atom is -0.447 e. The van der Waals surface area contributed by atoms with Gasteiger partial charge in [-0.25, -0.2) is 4.79 Å². The fourth-order valence-corrected chi connectivity index (χ4v) is 5.05. The summed E-state index contributed by atoms with van der Waals surface area (Å²) in [6, 6.07) is 12.5. The number of ether oxygens (including phenoxy) is 1. The first-order valence-electron chi connectivity index (χ1n) is 11.9. The quantitative estimate of drug-likeness (QED) is 0.645. The van der Waals surface area contributed by atoms with Crippen LogP contribution in [0.1, 0.15) is 35.2 Å². The number of rotatable bonds is 4. The molecule has 3 aliphatic rings. The number of carbonyl (C=O) groups is 2. The van der Waals surface area contributed by atoms with Gasteiger partial charge in [0.05, 0.1) is 12.2 Å². The normalized spacial score (nSPS) is 20.1. The zero-order chi connectivity index (χ0) is 23.2. The highest BCUT2D eigenvalue weighted by Crippen LogP contribution is 2.32. The molecule has 1 saturated carbocycles. The van der Waals surface area contributed by atoms with Gasteiger partial charge in [0.15, 0.2) is 5.82 Å². The first-order chi connectivity index (χ1) is 16.6. The van der Waals surface area contributed by atoms with Crippen molar-refractivity contribution in [2.45, 2.75) is 38.3 Å². The highest BCUT2D eigenvalue weighted by Gasteiger charge is 2.38. The molecule has 0 unspecified atom stereocenters. The number of aromatic nitrogens is 2. The van der Waals surface area contributed by atoms with E-state index in [1.54, 1.807) is 11.1 Å². The Morgan fingerprint density at radius 1 is 1.15 bits per heavy atom. The largest absolute Gasteiger partial charge is 0.447 e. The number of cyclic esters (lactones) is 1. The number of nitrogens with zero attached hydrogens (tertiary/aromatic N) is 4. The van der Waals surface area contributed by atoms with Crippen molar-refractivity contribution in [1.82, 2.24) is 20.4 Å². The van der Waals surface area contributed by atoms with Crippen molar-refractivity contribution in [2.24, 2.45) is 0 Å². The first kappa shape index (κ1) is 20.9. The molecule has 2 amide bonds. The maximum absolute atomic E-state index is 12.7. The number of hydrogen-bond donors (Lipinski definition) is 1. The number of piperazine rings is 1. The number of carbonyl (C=O) groups excluding carboxylic acids is 2. The standard InChI is InChI=1S/C26H27N5O3/c1-16-5-6-18(25(32)28-20-3-2-4-20)12-23(16)17-7-8-22-19(11-17)13-27-29-24(22)30-9-10-31-21(14-30)15-34-26(31)33/h5-8,11-13,20-21H,2-4,9-10,14-15H2,1H3,(H,28,32)/t21-/m0/s1. The van der Waals surface area contributed by atoms with Crippen LogP contribution in [0, 0.1) is 6.92 Å². The van der Waals surface area contributed by atoms with Gasteiger partial charge in [-0.1, -0.05) is 12.1 Å². The van der Waals surface area contributed by atoms with Gasteiger partial charge in [-0.05, 0) is 67.1 Å². The number of hydrogen-bond acceptors (Lipinski definition) is 6. The molecule has 0 radical (unpaired) electrons. The lowest BCUT2D eigenvalue weighted by atomic mass is 9.92. The number of fused-ring (bicyclic) bond motifs is 2. The highest BCUT2D eigenvalue weighted by molar-refractivity contribution is 5.98. The smallest absolute Gasteiger partial charge is 0.410 e. The van der Waals surface area contributed by atoms with Gasteiger partial charge in [0, 0.05) is 42.0 Å². The van der Waals surface area contributed by atoms with Gasteiger partial charge in [-0.2, -0.15) is 5.10 Å². The summed E-state index contributed by atoms with van der Waals surface area (Å²) in [5.74, 6) is 0.821. The van der Waals surface area contributed by atoms with Gasteiger partial charge in [-0.15, -0.1) is 5.10 Å². The van der Waals surface area contributed by atoms with Gasteiger partial charge < -0.3 is 15.0 Å². The Bertz CT molecular complexity index is 1290. The second-order valence-electron chi connectivity index (χ2n) is 9.47. The van der Waals surface area contributed by atoms with E-state index >= 15 is 0 Å². The molecular formula is C26H27N5O3. The number of aryl methyl sites for hydroxylation is 1. The van der Waals surface area contributed by atoms with E-state index in [0.717, 1.165) is 46.1 Å². The van der Waals surface area contributed by atoms with E-state index in [1.165, 1.54) is 6.42 Å². The van der Waals surface area contributed by atoms with Crippen LogP contribution in [-0.4, -0.2) is 65.4 Å². The number of anilines is 1. The Morgan fingerprint density at radius 3 is 2.85 bits per heavy atom. The van der Waals surface area contributed by atoms with Crippen LogP contribution in [0.25, 0.3) is 21.9 Å². The molecule has 3 heterocycles. The van der Waals surface area contributed by atoms with Crippen molar-refractivity contribution in [3.63, 3.8) is 0 Å². The monoisotopic (exact) mass is 457 g/mol. The molecule has 3 fully saturated rings. The molecule has 6 rings (SSSR count). The molecule has 1 N–H and O–H groups in total. The van der Waals surface area contributed by atoms with Crippen LogP contribution < -0.4 is 10.2 Å². The fraction of sp³-hybridized carbons (Fsp3) is 0.385. The molecule has 1 aliphatic carbocycles. The van der Waals surface area contributed by atoms with Crippen LogP contribution in [0.15, 0.2) is 42.6 Å². The summed E-state index contributed by atoms with van der Waals surface area (Å²) in [6.45, 7) is 4.47. The van der Waals surface area contributed by atoms with Crippen molar-refractivity contribution < 1.29 is 14.3 Å². The molecule has 1 atom stereocenters. The van der Waals surface area contributed by atoms with Crippen molar-refractivity contribution in [3.05, 3.63) is 53.7 Å². The summed E-state index contributed by atoms with van der Waals surface area (Å²) in [4.78, 5) is 28.5. The molecule has 2 aromatic carbocycles. The topological polar surface area (TPSA) is 87.7 Å². The lowest BCUT2D eigenvalue weighted by Crippen LogP contribution is -2.52. The van der Waals surface area contributed by atoms with Crippen molar-refractivity contribution in [3.8, 4) is 11.1 Å². The molecule has 8 nitrogen and oxygen atoms in total. The van der Waals surface area contributed by atoms with Crippen molar-refractivity contribution in [2.75, 3.05) is 31.1 Å². The zero-order valence-corrected chi connectivity index (χ0v) is 19.2. The van der Waals surface area contributed by atoms with E-state index in [0.29, 0.717) is 37.8 Å². The summed E-state index contributed by atoms with van der Waals surface area (Å²) in [5.41, 5.74) is 3.88. The molecule has 2 aliphatic heterocycles. The third kappa shape index (κ3) is 3.63. The SMILES string of the molecule is Cc1ccc(C(=O)NC2CCC2)cc1-c1ccc2c(N3CCN4C(=O)OC[C@@H]4C3)nncc2c1. The average molecular weight is 458 g/mol. The van der Waals surface area contributed by atoms with Crippen LogP contribution in [-0.2, 0) is 4.74 Å². The van der Waals surface area contributed by atoms with E-state index < -0.39 is 0 Å². The number of nitrogens with one attached hydrogen (secondary N) is 1. The number of amides is 2. The van der Waals surface area contributed by atoms with Gasteiger partial charge in [-0.3, -0.25) is 9.69 Å². The van der Waals surface area contributed by atoms with Crippen LogP contribution >= 0.6 is 0 Å². The van der Waals surface area contributed by atoms with Gasteiger partial charge in [0.1, 0.15) is 6.61 Å². The molecular weight excluding hydrogens is 430 g/mol. The molecule has 8 heteroatoms. The summed E-state index contributed by atoms with van der Waals surface area (Å²) < 4.78 is 5.20. The molecule has 34 heavy (non-hydrogen) atoms. The molecule has 2 saturated heterocycles. The van der Waals surface area contributed by atoms with Crippen molar-refractivity contribution >= 4 is 28.6 Å². The molecule has 174 valence electrons. The zero-order valence-electron chi connectivity index (χ0n) is 19.2. The van der Waals surface area contributed by atoms with Crippen LogP contribution in [0.4, 0.5) is 10.6 Å². The summed E-state index contributed by atoms with van der Waals surface area (Å²) in [5, 5.41) is 13.9. The lowest BCUT2D eigenvalue weighted by Gasteiger charge is -2.36. The van der Waals surface area contributed by atoms with Crippen LogP contribution in [0.5, 0.6) is 0 Å². The maximum Gasteiger partial charge on any atom is 0.410 e. The van der Waals surface area contributed by atoms with E-state index in [2.05, 4.69) is 45.5 Å². The van der Waals surface area contributed by atoms with E-state index in [-0.39, 0.29) is 18.0 Å². The Labute approximate surface area is 197 Å². The molecule has 0 bridgehead atoms. The van der Waals surface area contributed by atoms with Gasteiger partial charge >= 0.3 is 6.09 Å². The summed E-state index contributed by atoms with van der Waals surface area (Å²) in [7, 11) is 0. The Hall–Kier alpha value is -3.68. The minimum atomic E-state index is -0.225. The van der Waals surface area contributed by atoms with Crippen LogP contribution in [0.2, 0.25) is 0 Å². The van der Waals surface area contributed by atoms with Crippen molar-refractivity contribution in [1.29, 1.82) is 0 Å². The molecule has 3 aromatic rings. The molecule has 1 aromatic heterocycles. The summed E-state index contributed by atoms with van der Waals surface area (Å²) >= 11 is 0. The Kier molecular flexibility index (Phi) is 5.08. The molecule has 0 spiro atoms. The average Bonchev–Trinajstić information content (AvgIpc) is 3.20. The Morgan fingerprint density at radius 2 is 2.03 bits per heavy atom. The Balaban J connectivity index is 1.30. The van der Waals surface area contributed by atoms with E-state index in [9.17, 15) is 9.59 Å². The van der Waals surface area contributed by atoms with Gasteiger partial charge in [0.2, 0.25) is 0 Å². The fourth-order valence-electron chi connectivity index (χ4n) is 5.05. The van der Waals surface area contributed by atoms with Crippen LogP contribution in [0.3, 0.4) is 0 Å². The first-order valence-corrected chi connectivity index (χ1v) is 11.9. The highest BCUT2D eigenvalue weighted by atomic mass is 16.6. The predicted molar refractivity (Wildman–Crippen MR) is 129 cm³/mol. The number of benzene rings is 2. The van der Waals surface area contributed by atoms with E-state index in [1.807, 2.05) is 18.2 Å². The minimum absolute atomic E-state index is 0.00610. The predicted octanol–water partition coefficient (Wildman–Crippen LogP) is 3.53. The second kappa shape index (κ2) is 8.27. The van der Waals surface area contributed by atoms with E-state index in [4.69, 9.17) is 4.74 Å². The lowest BCUT2D eigenvalue weighted by molar-refractivity contribution is 0.0917. The third-order valence-electron chi connectivity index (χ3n) is 7.31. The third-order valence-corrected chi connectivity index (χ3v) is 7.31.